The highest BCUT2D eigenvalue weighted by atomic mass is 16.6. The van der Waals surface area contributed by atoms with Gasteiger partial charge in [-0.05, 0) is 19.4 Å². The Morgan fingerprint density at radius 3 is 2.56 bits per heavy atom. The summed E-state index contributed by atoms with van der Waals surface area (Å²) in [6.07, 6.45) is 3.10. The van der Waals surface area contributed by atoms with Crippen molar-refractivity contribution in [2.24, 2.45) is 0 Å². The van der Waals surface area contributed by atoms with Gasteiger partial charge in [0, 0.05) is 0 Å². The van der Waals surface area contributed by atoms with Gasteiger partial charge in [-0.25, -0.2) is 0 Å². The van der Waals surface area contributed by atoms with Crippen molar-refractivity contribution in [3.63, 3.8) is 0 Å². The number of ether oxygens (including phenoxy) is 2. The van der Waals surface area contributed by atoms with E-state index in [1.165, 1.54) is 5.57 Å². The monoisotopic (exact) mass is 126 g/mol. The first-order valence-corrected chi connectivity index (χ1v) is 2.90. The Hall–Kier alpha value is -0.920. The highest BCUT2D eigenvalue weighted by molar-refractivity contribution is 5.05. The lowest BCUT2D eigenvalue weighted by atomic mass is 10.3. The van der Waals surface area contributed by atoms with Crippen LogP contribution in [0.3, 0.4) is 0 Å². The van der Waals surface area contributed by atoms with Gasteiger partial charge in [-0.3, -0.25) is 0 Å². The molecule has 1 rings (SSSR count). The topological polar surface area (TPSA) is 18.5 Å². The van der Waals surface area contributed by atoms with Crippen LogP contribution in [0.4, 0.5) is 0 Å². The molecule has 2 nitrogen and oxygen atoms in total. The fraction of sp³-hybridized carbons (Fsp3) is 0.429. The fourth-order valence-electron chi connectivity index (χ4n) is 0.569. The minimum atomic E-state index is 0.568. The van der Waals surface area contributed by atoms with Gasteiger partial charge >= 0.3 is 0 Å². The molecule has 0 aromatic heterocycles. The van der Waals surface area contributed by atoms with E-state index >= 15 is 0 Å². The van der Waals surface area contributed by atoms with Crippen molar-refractivity contribution in [1.82, 2.24) is 0 Å². The summed E-state index contributed by atoms with van der Waals surface area (Å²) in [5, 5.41) is 0. The number of hydrogen-bond donors (Lipinski definition) is 0. The van der Waals surface area contributed by atoms with Crippen LogP contribution in [0.15, 0.2) is 23.9 Å². The summed E-state index contributed by atoms with van der Waals surface area (Å²) < 4.78 is 10.1. The van der Waals surface area contributed by atoms with Crippen LogP contribution >= 0.6 is 0 Å². The summed E-state index contributed by atoms with van der Waals surface area (Å²) >= 11 is 0. The maximum absolute atomic E-state index is 5.11. The minimum absolute atomic E-state index is 0.568. The first-order chi connectivity index (χ1) is 4.30. The van der Waals surface area contributed by atoms with E-state index in [-0.39, 0.29) is 0 Å². The van der Waals surface area contributed by atoms with Gasteiger partial charge in [0.2, 0.25) is 0 Å². The zero-order chi connectivity index (χ0) is 6.69. The lowest BCUT2D eigenvalue weighted by molar-refractivity contribution is 0.163. The van der Waals surface area contributed by atoms with E-state index in [2.05, 4.69) is 0 Å². The van der Waals surface area contributed by atoms with Crippen LogP contribution in [-0.4, -0.2) is 6.61 Å². The van der Waals surface area contributed by atoms with Crippen LogP contribution in [0.2, 0.25) is 0 Å². The molecular weight excluding hydrogens is 116 g/mol. The highest BCUT2D eigenvalue weighted by Crippen LogP contribution is 2.09. The normalized spacial score (nSPS) is 16.4. The second-order valence-electron chi connectivity index (χ2n) is 2.12. The van der Waals surface area contributed by atoms with E-state index in [1.54, 1.807) is 12.5 Å². The SMILES string of the molecule is CC(C)=C1COC=CO1. The molecule has 0 amide bonds. The Bertz CT molecular complexity index is 152. The van der Waals surface area contributed by atoms with E-state index < -0.39 is 0 Å². The molecule has 9 heavy (non-hydrogen) atoms. The third-order valence-corrected chi connectivity index (χ3v) is 1.13. The lowest BCUT2D eigenvalue weighted by Gasteiger charge is -2.11. The molecule has 0 aromatic carbocycles. The van der Waals surface area contributed by atoms with Gasteiger partial charge in [0.05, 0.1) is 0 Å². The average Bonchev–Trinajstić information content (AvgIpc) is 1.90. The zero-order valence-corrected chi connectivity index (χ0v) is 5.68. The number of allylic oxidation sites excluding steroid dienone is 1. The summed E-state index contributed by atoms with van der Waals surface area (Å²) in [4.78, 5) is 0. The second-order valence-corrected chi connectivity index (χ2v) is 2.12. The Morgan fingerprint density at radius 2 is 2.22 bits per heavy atom. The van der Waals surface area contributed by atoms with Crippen molar-refractivity contribution in [2.45, 2.75) is 13.8 Å². The maximum atomic E-state index is 5.11. The van der Waals surface area contributed by atoms with E-state index in [1.807, 2.05) is 13.8 Å². The maximum Gasteiger partial charge on any atom is 0.145 e. The van der Waals surface area contributed by atoms with Crippen molar-refractivity contribution in [2.75, 3.05) is 6.61 Å². The molecule has 1 aliphatic heterocycles. The lowest BCUT2D eigenvalue weighted by Crippen LogP contribution is -2.01. The first-order valence-electron chi connectivity index (χ1n) is 2.90. The average molecular weight is 126 g/mol. The molecule has 1 aliphatic rings. The van der Waals surface area contributed by atoms with Gasteiger partial charge in [-0.2, -0.15) is 0 Å². The number of rotatable bonds is 0. The van der Waals surface area contributed by atoms with Crippen molar-refractivity contribution >= 4 is 0 Å². The molecular formula is C7H10O2. The molecule has 0 unspecified atom stereocenters. The largest absolute Gasteiger partial charge is 0.490 e. The van der Waals surface area contributed by atoms with Crippen LogP contribution in [0.25, 0.3) is 0 Å². The second kappa shape index (κ2) is 2.58. The molecule has 0 N–H and O–H groups in total. The summed E-state index contributed by atoms with van der Waals surface area (Å²) in [6, 6.07) is 0. The van der Waals surface area contributed by atoms with Crippen LogP contribution in [-0.2, 0) is 9.47 Å². The van der Waals surface area contributed by atoms with Crippen molar-refractivity contribution in [1.29, 1.82) is 0 Å². The fourth-order valence-corrected chi connectivity index (χ4v) is 0.569. The molecule has 0 atom stereocenters. The molecule has 1 heterocycles. The Balaban J connectivity index is 2.64. The molecule has 0 fully saturated rings. The molecule has 50 valence electrons. The third kappa shape index (κ3) is 1.49. The summed E-state index contributed by atoms with van der Waals surface area (Å²) in [5.41, 5.74) is 1.17. The smallest absolute Gasteiger partial charge is 0.145 e. The molecule has 0 aliphatic carbocycles. The minimum Gasteiger partial charge on any atom is -0.490 e. The summed E-state index contributed by atoms with van der Waals surface area (Å²) in [7, 11) is 0. The van der Waals surface area contributed by atoms with Crippen LogP contribution < -0.4 is 0 Å². The molecule has 0 saturated carbocycles. The van der Waals surface area contributed by atoms with Gasteiger partial charge in [0.1, 0.15) is 24.9 Å². The highest BCUT2D eigenvalue weighted by Gasteiger charge is 2.02. The zero-order valence-electron chi connectivity index (χ0n) is 5.68. The quantitative estimate of drug-likeness (QED) is 0.492. The Labute approximate surface area is 54.8 Å². The van der Waals surface area contributed by atoms with Gasteiger partial charge < -0.3 is 9.47 Å². The Morgan fingerprint density at radius 1 is 1.44 bits per heavy atom. The van der Waals surface area contributed by atoms with Gasteiger partial charge in [0.15, 0.2) is 0 Å². The van der Waals surface area contributed by atoms with Crippen molar-refractivity contribution in [3.8, 4) is 0 Å². The van der Waals surface area contributed by atoms with Gasteiger partial charge in [0.25, 0.3) is 0 Å². The molecule has 0 radical (unpaired) electrons. The van der Waals surface area contributed by atoms with E-state index in [4.69, 9.17) is 9.47 Å². The predicted octanol–water partition coefficient (Wildman–Crippen LogP) is 1.80. The van der Waals surface area contributed by atoms with Crippen LogP contribution in [0.1, 0.15) is 13.8 Å². The summed E-state index contributed by atoms with van der Waals surface area (Å²) in [5.74, 6) is 0.914. The van der Waals surface area contributed by atoms with Crippen LogP contribution in [0, 0.1) is 0 Å². The molecule has 0 spiro atoms. The molecule has 2 heteroatoms. The predicted molar refractivity (Wildman–Crippen MR) is 34.6 cm³/mol. The molecule has 0 aromatic rings. The van der Waals surface area contributed by atoms with Crippen LogP contribution in [0.5, 0.6) is 0 Å². The molecule has 0 bridgehead atoms. The first kappa shape index (κ1) is 6.20. The van der Waals surface area contributed by atoms with E-state index in [9.17, 15) is 0 Å². The van der Waals surface area contributed by atoms with Gasteiger partial charge in [-0.15, -0.1) is 0 Å². The summed E-state index contributed by atoms with van der Waals surface area (Å²) in [6.45, 7) is 4.56. The third-order valence-electron chi connectivity index (χ3n) is 1.13. The molecule has 0 saturated heterocycles. The van der Waals surface area contributed by atoms with Crippen molar-refractivity contribution < 1.29 is 9.47 Å². The van der Waals surface area contributed by atoms with E-state index in [0.717, 1.165) is 5.76 Å². The Kier molecular flexibility index (Phi) is 1.78. The number of hydrogen-bond acceptors (Lipinski definition) is 2. The van der Waals surface area contributed by atoms with E-state index in [0.29, 0.717) is 6.61 Å². The standard InChI is InChI=1S/C7H10O2/c1-6(2)7-5-8-3-4-9-7/h3-4H,5H2,1-2H3. The van der Waals surface area contributed by atoms with Crippen molar-refractivity contribution in [3.05, 3.63) is 23.9 Å². The van der Waals surface area contributed by atoms with Gasteiger partial charge in [-0.1, -0.05) is 0 Å².